The molecule has 1 atom stereocenters. The monoisotopic (exact) mass is 465 g/mol. The minimum atomic E-state index is -0.394. The highest BCUT2D eigenvalue weighted by Gasteiger charge is 2.42. The first-order valence-corrected chi connectivity index (χ1v) is 12.6. The SMILES string of the molecule is O=C(CCCc1c[nH]c2ccccc12)N1CCC[C@]2(CCCN2Cc2cc(F)ccc2F)CC1. The summed E-state index contributed by atoms with van der Waals surface area (Å²) in [6.45, 7) is 2.86. The second-order valence-corrected chi connectivity index (χ2v) is 9.93. The summed E-state index contributed by atoms with van der Waals surface area (Å²) in [5, 5.41) is 1.24. The molecule has 3 aromatic rings. The highest BCUT2D eigenvalue weighted by molar-refractivity contribution is 5.83. The number of H-pyrrole nitrogens is 1. The molecular weight excluding hydrogens is 432 g/mol. The number of fused-ring (bicyclic) bond motifs is 1. The van der Waals surface area contributed by atoms with E-state index in [9.17, 15) is 13.6 Å². The molecule has 2 fully saturated rings. The van der Waals surface area contributed by atoms with Crippen molar-refractivity contribution in [2.24, 2.45) is 0 Å². The van der Waals surface area contributed by atoms with Gasteiger partial charge >= 0.3 is 0 Å². The lowest BCUT2D eigenvalue weighted by molar-refractivity contribution is -0.131. The number of amides is 1. The third-order valence-electron chi connectivity index (χ3n) is 7.89. The Labute approximate surface area is 199 Å². The van der Waals surface area contributed by atoms with Crippen LogP contribution in [0.3, 0.4) is 0 Å². The molecule has 180 valence electrons. The van der Waals surface area contributed by atoms with E-state index >= 15 is 0 Å². The van der Waals surface area contributed by atoms with Crippen molar-refractivity contribution in [3.63, 3.8) is 0 Å². The number of nitrogens with zero attached hydrogens (tertiary/aromatic N) is 2. The summed E-state index contributed by atoms with van der Waals surface area (Å²) in [7, 11) is 0. The highest BCUT2D eigenvalue weighted by atomic mass is 19.1. The van der Waals surface area contributed by atoms with Gasteiger partial charge in [0.1, 0.15) is 11.6 Å². The van der Waals surface area contributed by atoms with Crippen molar-refractivity contribution in [1.29, 1.82) is 0 Å². The van der Waals surface area contributed by atoms with E-state index in [2.05, 4.69) is 28.2 Å². The van der Waals surface area contributed by atoms with E-state index in [1.807, 2.05) is 17.0 Å². The maximum absolute atomic E-state index is 14.3. The third-order valence-corrected chi connectivity index (χ3v) is 7.89. The normalized spacial score (nSPS) is 21.4. The molecule has 0 bridgehead atoms. The summed E-state index contributed by atoms with van der Waals surface area (Å²) >= 11 is 0. The Morgan fingerprint density at radius 3 is 2.68 bits per heavy atom. The van der Waals surface area contributed by atoms with Crippen molar-refractivity contribution in [3.05, 3.63) is 71.4 Å². The zero-order chi connectivity index (χ0) is 23.5. The summed E-state index contributed by atoms with van der Waals surface area (Å²) in [5.74, 6) is -0.503. The quantitative estimate of drug-likeness (QED) is 0.499. The van der Waals surface area contributed by atoms with E-state index in [1.165, 1.54) is 29.1 Å². The molecule has 4 nitrogen and oxygen atoms in total. The van der Waals surface area contributed by atoms with Crippen LogP contribution >= 0.6 is 0 Å². The van der Waals surface area contributed by atoms with Crippen molar-refractivity contribution in [2.75, 3.05) is 19.6 Å². The molecule has 0 unspecified atom stereocenters. The number of carbonyl (C=O) groups is 1. The second-order valence-electron chi connectivity index (χ2n) is 9.93. The topological polar surface area (TPSA) is 39.3 Å². The first-order chi connectivity index (χ1) is 16.5. The Morgan fingerprint density at radius 1 is 0.971 bits per heavy atom. The Balaban J connectivity index is 1.17. The summed E-state index contributed by atoms with van der Waals surface area (Å²) in [6.07, 6.45) is 9.33. The number of aryl methyl sites for hydroxylation is 1. The molecule has 0 saturated carbocycles. The number of hydrogen-bond acceptors (Lipinski definition) is 2. The van der Waals surface area contributed by atoms with Gasteiger partial charge in [0.2, 0.25) is 5.91 Å². The largest absolute Gasteiger partial charge is 0.361 e. The zero-order valence-corrected chi connectivity index (χ0v) is 19.7. The van der Waals surface area contributed by atoms with Crippen LogP contribution in [0.15, 0.2) is 48.7 Å². The van der Waals surface area contributed by atoms with Gasteiger partial charge in [-0.15, -0.1) is 0 Å². The van der Waals surface area contributed by atoms with Crippen LogP contribution < -0.4 is 0 Å². The third kappa shape index (κ3) is 4.74. The average molecular weight is 466 g/mol. The van der Waals surface area contributed by atoms with E-state index in [4.69, 9.17) is 0 Å². The number of halogens is 2. The van der Waals surface area contributed by atoms with Gasteiger partial charge in [-0.05, 0) is 81.3 Å². The molecular formula is C28H33F2N3O. The maximum Gasteiger partial charge on any atom is 0.222 e. The van der Waals surface area contributed by atoms with E-state index in [-0.39, 0.29) is 17.3 Å². The van der Waals surface area contributed by atoms with Crippen molar-refractivity contribution in [3.8, 4) is 0 Å². The van der Waals surface area contributed by atoms with Crippen LogP contribution in [0.4, 0.5) is 8.78 Å². The molecule has 1 amide bonds. The van der Waals surface area contributed by atoms with Crippen molar-refractivity contribution < 1.29 is 13.6 Å². The summed E-state index contributed by atoms with van der Waals surface area (Å²) in [4.78, 5) is 20.7. The van der Waals surface area contributed by atoms with Crippen LogP contribution in [-0.4, -0.2) is 45.9 Å². The molecule has 2 saturated heterocycles. The molecule has 1 N–H and O–H groups in total. The van der Waals surface area contributed by atoms with Gasteiger partial charge in [0.05, 0.1) is 0 Å². The van der Waals surface area contributed by atoms with Gasteiger partial charge in [-0.3, -0.25) is 9.69 Å². The second kappa shape index (κ2) is 9.87. The minimum absolute atomic E-state index is 0.0160. The van der Waals surface area contributed by atoms with Crippen LogP contribution in [0, 0.1) is 11.6 Å². The van der Waals surface area contributed by atoms with E-state index in [0.29, 0.717) is 18.5 Å². The standard InChI is InChI=1S/C28H33F2N3O/c29-23-10-11-25(30)22(18-23)20-33-16-5-13-28(33)12-4-15-32(17-14-28)27(34)9-3-6-21-19-31-26-8-2-1-7-24(21)26/h1-2,7-8,10-11,18-19,31H,3-6,9,12-17,20H2/t28-/m0/s1. The molecule has 5 rings (SSSR count). The maximum atomic E-state index is 14.3. The summed E-state index contributed by atoms with van der Waals surface area (Å²) < 4.78 is 28.0. The molecule has 1 spiro atoms. The number of nitrogens with one attached hydrogen (secondary N) is 1. The predicted molar refractivity (Wildman–Crippen MR) is 130 cm³/mol. The molecule has 1 aromatic heterocycles. The van der Waals surface area contributed by atoms with Gasteiger partial charge in [-0.2, -0.15) is 0 Å². The lowest BCUT2D eigenvalue weighted by Gasteiger charge is -2.38. The number of benzene rings is 2. The molecule has 2 aromatic carbocycles. The Morgan fingerprint density at radius 2 is 1.79 bits per heavy atom. The molecule has 3 heterocycles. The fourth-order valence-corrected chi connectivity index (χ4v) is 6.03. The first kappa shape index (κ1) is 23.0. The number of para-hydroxylation sites is 1. The fourth-order valence-electron chi connectivity index (χ4n) is 6.03. The highest BCUT2D eigenvalue weighted by Crippen LogP contribution is 2.39. The molecule has 34 heavy (non-hydrogen) atoms. The van der Waals surface area contributed by atoms with Gasteiger partial charge in [0.25, 0.3) is 0 Å². The predicted octanol–water partition coefficient (Wildman–Crippen LogP) is 5.82. The molecule has 2 aliphatic rings. The van der Waals surface area contributed by atoms with Crippen LogP contribution in [-0.2, 0) is 17.8 Å². The number of hydrogen-bond donors (Lipinski definition) is 1. The van der Waals surface area contributed by atoms with Crippen LogP contribution in [0.5, 0.6) is 0 Å². The Hall–Kier alpha value is -2.73. The summed E-state index contributed by atoms with van der Waals surface area (Å²) in [5.41, 5.74) is 2.82. The first-order valence-electron chi connectivity index (χ1n) is 12.6. The number of aromatic nitrogens is 1. The lowest BCUT2D eigenvalue weighted by atomic mass is 9.87. The number of likely N-dealkylation sites (tertiary alicyclic amines) is 2. The molecule has 0 radical (unpaired) electrons. The average Bonchev–Trinajstić information content (AvgIpc) is 3.35. The van der Waals surface area contributed by atoms with Crippen molar-refractivity contribution >= 4 is 16.8 Å². The number of carbonyl (C=O) groups excluding carboxylic acids is 1. The number of aromatic amines is 1. The number of rotatable bonds is 6. The van der Waals surface area contributed by atoms with Crippen molar-refractivity contribution in [2.45, 2.75) is 63.5 Å². The Bertz CT molecular complexity index is 1160. The van der Waals surface area contributed by atoms with E-state index < -0.39 is 5.82 Å². The van der Waals surface area contributed by atoms with Crippen LogP contribution in [0.2, 0.25) is 0 Å². The lowest BCUT2D eigenvalue weighted by Crippen LogP contribution is -2.44. The Kier molecular flexibility index (Phi) is 6.68. The van der Waals surface area contributed by atoms with Crippen LogP contribution in [0.25, 0.3) is 10.9 Å². The smallest absolute Gasteiger partial charge is 0.222 e. The van der Waals surface area contributed by atoms with Gasteiger partial charge in [-0.25, -0.2) is 8.78 Å². The van der Waals surface area contributed by atoms with Gasteiger partial charge in [-0.1, -0.05) is 18.2 Å². The molecule has 6 heteroatoms. The van der Waals surface area contributed by atoms with E-state index in [0.717, 1.165) is 70.1 Å². The van der Waals surface area contributed by atoms with Gasteiger partial charge in [0, 0.05) is 54.3 Å². The van der Waals surface area contributed by atoms with Crippen molar-refractivity contribution in [1.82, 2.24) is 14.8 Å². The minimum Gasteiger partial charge on any atom is -0.361 e. The molecule has 0 aliphatic carbocycles. The fraction of sp³-hybridized carbons (Fsp3) is 0.464. The zero-order valence-electron chi connectivity index (χ0n) is 19.7. The summed E-state index contributed by atoms with van der Waals surface area (Å²) in [6, 6.07) is 12.0. The van der Waals surface area contributed by atoms with Gasteiger partial charge < -0.3 is 9.88 Å². The van der Waals surface area contributed by atoms with Crippen LogP contribution in [0.1, 0.15) is 56.1 Å². The van der Waals surface area contributed by atoms with Gasteiger partial charge in [0.15, 0.2) is 0 Å². The van der Waals surface area contributed by atoms with E-state index in [1.54, 1.807) is 0 Å². The molecule has 2 aliphatic heterocycles.